The third-order valence-corrected chi connectivity index (χ3v) is 1.31. The van der Waals surface area contributed by atoms with Crippen LogP contribution >= 0.6 is 0 Å². The molecule has 0 aliphatic heterocycles. The van der Waals surface area contributed by atoms with E-state index in [-0.39, 0.29) is 13.2 Å². The predicted octanol–water partition coefficient (Wildman–Crippen LogP) is 0.279. The second-order valence-electron chi connectivity index (χ2n) is 2.34. The highest BCUT2D eigenvalue weighted by atomic mass is 16.5. The SMILES string of the molecule is CCNc1cncc(OCCO)n1. The molecule has 0 aliphatic rings. The summed E-state index contributed by atoms with van der Waals surface area (Å²) in [5, 5.41) is 11.5. The van der Waals surface area contributed by atoms with Crippen LogP contribution in [-0.2, 0) is 0 Å². The Morgan fingerprint density at radius 1 is 1.54 bits per heavy atom. The van der Waals surface area contributed by atoms with E-state index in [1.807, 2.05) is 6.92 Å². The van der Waals surface area contributed by atoms with E-state index in [2.05, 4.69) is 15.3 Å². The van der Waals surface area contributed by atoms with Gasteiger partial charge >= 0.3 is 0 Å². The van der Waals surface area contributed by atoms with Gasteiger partial charge in [0.15, 0.2) is 0 Å². The average Bonchev–Trinajstić information content (AvgIpc) is 2.16. The van der Waals surface area contributed by atoms with Crippen molar-refractivity contribution in [3.63, 3.8) is 0 Å². The minimum Gasteiger partial charge on any atom is -0.474 e. The van der Waals surface area contributed by atoms with Gasteiger partial charge in [-0.15, -0.1) is 0 Å². The van der Waals surface area contributed by atoms with E-state index >= 15 is 0 Å². The normalized spacial score (nSPS) is 9.69. The van der Waals surface area contributed by atoms with E-state index < -0.39 is 0 Å². The lowest BCUT2D eigenvalue weighted by Gasteiger charge is -2.05. The molecular weight excluding hydrogens is 170 g/mol. The van der Waals surface area contributed by atoms with Gasteiger partial charge in [-0.25, -0.2) is 0 Å². The molecule has 0 unspecified atom stereocenters. The van der Waals surface area contributed by atoms with Crippen LogP contribution in [0.3, 0.4) is 0 Å². The smallest absolute Gasteiger partial charge is 0.234 e. The second-order valence-corrected chi connectivity index (χ2v) is 2.34. The van der Waals surface area contributed by atoms with Crippen LogP contribution in [0, 0.1) is 0 Å². The van der Waals surface area contributed by atoms with Crippen molar-refractivity contribution in [2.24, 2.45) is 0 Å². The van der Waals surface area contributed by atoms with Gasteiger partial charge in [0.1, 0.15) is 12.4 Å². The summed E-state index contributed by atoms with van der Waals surface area (Å²) in [7, 11) is 0. The molecule has 0 atom stereocenters. The van der Waals surface area contributed by atoms with Crippen molar-refractivity contribution >= 4 is 5.82 Å². The molecule has 0 aliphatic carbocycles. The summed E-state index contributed by atoms with van der Waals surface area (Å²) in [6, 6.07) is 0. The van der Waals surface area contributed by atoms with E-state index in [4.69, 9.17) is 9.84 Å². The summed E-state index contributed by atoms with van der Waals surface area (Å²) in [4.78, 5) is 8.02. The van der Waals surface area contributed by atoms with Crippen LogP contribution < -0.4 is 10.1 Å². The first-order valence-corrected chi connectivity index (χ1v) is 4.16. The minimum atomic E-state index is -0.0207. The summed E-state index contributed by atoms with van der Waals surface area (Å²) in [6.07, 6.45) is 3.13. The maximum Gasteiger partial charge on any atom is 0.234 e. The quantitative estimate of drug-likeness (QED) is 0.686. The number of nitrogens with one attached hydrogen (secondary N) is 1. The van der Waals surface area contributed by atoms with Gasteiger partial charge in [-0.3, -0.25) is 4.98 Å². The third kappa shape index (κ3) is 3.25. The Bertz CT molecular complexity index is 255. The number of ether oxygens (including phenoxy) is 1. The Labute approximate surface area is 76.8 Å². The molecule has 1 rings (SSSR count). The summed E-state index contributed by atoms with van der Waals surface area (Å²) in [5.41, 5.74) is 0. The topological polar surface area (TPSA) is 67.3 Å². The van der Waals surface area contributed by atoms with Gasteiger partial charge in [0.05, 0.1) is 19.0 Å². The molecule has 0 saturated heterocycles. The number of hydrogen-bond donors (Lipinski definition) is 2. The van der Waals surface area contributed by atoms with Crippen molar-refractivity contribution in [3.8, 4) is 5.88 Å². The summed E-state index contributed by atoms with van der Waals surface area (Å²) >= 11 is 0. The number of rotatable bonds is 5. The van der Waals surface area contributed by atoms with Gasteiger partial charge in [0.25, 0.3) is 0 Å². The van der Waals surface area contributed by atoms with Crippen molar-refractivity contribution in [2.75, 3.05) is 25.1 Å². The van der Waals surface area contributed by atoms with Crippen LogP contribution in [0.25, 0.3) is 0 Å². The van der Waals surface area contributed by atoms with Crippen molar-refractivity contribution in [2.45, 2.75) is 6.92 Å². The molecule has 0 saturated carbocycles. The number of aromatic nitrogens is 2. The molecule has 0 fully saturated rings. The lowest BCUT2D eigenvalue weighted by molar-refractivity contribution is 0.196. The van der Waals surface area contributed by atoms with Crippen LogP contribution in [0.2, 0.25) is 0 Å². The predicted molar refractivity (Wildman–Crippen MR) is 48.8 cm³/mol. The second kappa shape index (κ2) is 5.31. The zero-order valence-corrected chi connectivity index (χ0v) is 7.53. The van der Waals surface area contributed by atoms with Gasteiger partial charge in [-0.2, -0.15) is 4.98 Å². The molecule has 5 nitrogen and oxygen atoms in total. The van der Waals surface area contributed by atoms with Crippen molar-refractivity contribution in [1.29, 1.82) is 0 Å². The lowest BCUT2D eigenvalue weighted by atomic mass is 10.6. The number of hydrogen-bond acceptors (Lipinski definition) is 5. The molecule has 2 N–H and O–H groups in total. The Morgan fingerprint density at radius 2 is 2.38 bits per heavy atom. The first-order chi connectivity index (χ1) is 6.36. The molecule has 13 heavy (non-hydrogen) atoms. The summed E-state index contributed by atoms with van der Waals surface area (Å²) < 4.78 is 5.08. The van der Waals surface area contributed by atoms with Crippen LogP contribution in [0.15, 0.2) is 12.4 Å². The molecule has 0 bridgehead atoms. The van der Waals surface area contributed by atoms with Gasteiger partial charge in [-0.05, 0) is 6.92 Å². The highest BCUT2D eigenvalue weighted by Crippen LogP contribution is 2.07. The zero-order valence-electron chi connectivity index (χ0n) is 7.53. The molecule has 1 aromatic heterocycles. The zero-order chi connectivity index (χ0) is 9.52. The lowest BCUT2D eigenvalue weighted by Crippen LogP contribution is -2.05. The molecule has 1 aromatic rings. The largest absolute Gasteiger partial charge is 0.474 e. The highest BCUT2D eigenvalue weighted by Gasteiger charge is 1.97. The first kappa shape index (κ1) is 9.73. The van der Waals surface area contributed by atoms with E-state index in [1.54, 1.807) is 6.20 Å². The maximum absolute atomic E-state index is 8.51. The number of nitrogens with zero attached hydrogens (tertiary/aromatic N) is 2. The van der Waals surface area contributed by atoms with Crippen LogP contribution in [0.4, 0.5) is 5.82 Å². The molecule has 5 heteroatoms. The molecule has 1 heterocycles. The Hall–Kier alpha value is -1.36. The van der Waals surface area contributed by atoms with Crippen LogP contribution in [0.5, 0.6) is 5.88 Å². The van der Waals surface area contributed by atoms with Gasteiger partial charge in [-0.1, -0.05) is 0 Å². The van der Waals surface area contributed by atoms with Crippen molar-refractivity contribution < 1.29 is 9.84 Å². The molecule has 0 radical (unpaired) electrons. The minimum absolute atomic E-state index is 0.0207. The van der Waals surface area contributed by atoms with E-state index in [9.17, 15) is 0 Å². The summed E-state index contributed by atoms with van der Waals surface area (Å²) in [6.45, 7) is 2.98. The Kier molecular flexibility index (Phi) is 3.98. The van der Waals surface area contributed by atoms with E-state index in [0.717, 1.165) is 6.54 Å². The molecule has 0 spiro atoms. The molecule has 72 valence electrons. The van der Waals surface area contributed by atoms with Gasteiger partial charge in [0.2, 0.25) is 5.88 Å². The van der Waals surface area contributed by atoms with Crippen LogP contribution in [-0.4, -0.2) is 34.8 Å². The first-order valence-electron chi connectivity index (χ1n) is 4.16. The van der Waals surface area contributed by atoms with Gasteiger partial charge in [0, 0.05) is 6.54 Å². The Morgan fingerprint density at radius 3 is 3.08 bits per heavy atom. The average molecular weight is 183 g/mol. The molecular formula is C8H13N3O2. The number of aliphatic hydroxyl groups excluding tert-OH is 1. The molecule has 0 aromatic carbocycles. The highest BCUT2D eigenvalue weighted by molar-refractivity contribution is 5.32. The third-order valence-electron chi connectivity index (χ3n) is 1.31. The fourth-order valence-corrected chi connectivity index (χ4v) is 0.834. The monoisotopic (exact) mass is 183 g/mol. The van der Waals surface area contributed by atoms with E-state index in [0.29, 0.717) is 11.7 Å². The fraction of sp³-hybridized carbons (Fsp3) is 0.500. The number of aliphatic hydroxyl groups is 1. The van der Waals surface area contributed by atoms with E-state index in [1.165, 1.54) is 6.20 Å². The fourth-order valence-electron chi connectivity index (χ4n) is 0.834. The van der Waals surface area contributed by atoms with Crippen molar-refractivity contribution in [1.82, 2.24) is 9.97 Å². The van der Waals surface area contributed by atoms with Crippen molar-refractivity contribution in [3.05, 3.63) is 12.4 Å². The van der Waals surface area contributed by atoms with Crippen LogP contribution in [0.1, 0.15) is 6.92 Å². The maximum atomic E-state index is 8.51. The number of anilines is 1. The van der Waals surface area contributed by atoms with Gasteiger partial charge < -0.3 is 15.2 Å². The standard InChI is InChI=1S/C8H13N3O2/c1-2-10-7-5-9-6-8(11-7)13-4-3-12/h5-6,12H,2-4H2,1H3,(H,10,11). The summed E-state index contributed by atoms with van der Waals surface area (Å²) in [5.74, 6) is 1.10. The molecule has 0 amide bonds. The Balaban J connectivity index is 2.56.